The zero-order chi connectivity index (χ0) is 21.7. The number of hydrogen-bond acceptors (Lipinski definition) is 5. The highest BCUT2D eigenvalue weighted by molar-refractivity contribution is 8.01. The Labute approximate surface area is 183 Å². The number of hydrogen-bond donors (Lipinski definition) is 2. The first kappa shape index (κ1) is 21.9. The van der Waals surface area contributed by atoms with Gasteiger partial charge in [-0.15, -0.1) is 23.1 Å². The monoisotopic (exact) mass is 444 g/mol. The van der Waals surface area contributed by atoms with Crippen LogP contribution in [0.5, 0.6) is 0 Å². The molecule has 0 saturated heterocycles. The number of amides is 2. The topological polar surface area (TPSA) is 85.1 Å². The zero-order valence-electron chi connectivity index (χ0n) is 17.0. The smallest absolute Gasteiger partial charge is 0.295 e. The lowest BCUT2D eigenvalue weighted by Crippen LogP contribution is -2.29. The molecule has 0 fully saturated rings. The maximum Gasteiger partial charge on any atom is 0.295 e. The molecular weight excluding hydrogens is 420 g/mol. The van der Waals surface area contributed by atoms with Crippen molar-refractivity contribution < 1.29 is 9.59 Å². The standard InChI is InChI=1S/C21H24N4O3S2/c1-14-19(21(28)25(24(14)3)16-8-5-4-6-9-16)23-20(27)15(2)30-13-18(26)22-12-17-10-7-11-29-17/h4-11,15H,12-13H2,1-3H3,(H,22,26)(H,23,27). The van der Waals surface area contributed by atoms with Gasteiger partial charge in [-0.2, -0.15) is 0 Å². The van der Waals surface area contributed by atoms with Gasteiger partial charge in [-0.25, -0.2) is 4.68 Å². The molecular formula is C21H24N4O3S2. The quantitative estimate of drug-likeness (QED) is 0.559. The van der Waals surface area contributed by atoms with Gasteiger partial charge in [0.05, 0.1) is 28.9 Å². The third-order valence-corrected chi connectivity index (χ3v) is 6.70. The molecule has 0 radical (unpaired) electrons. The van der Waals surface area contributed by atoms with E-state index in [4.69, 9.17) is 0 Å². The van der Waals surface area contributed by atoms with Gasteiger partial charge in [-0.3, -0.25) is 19.1 Å². The molecule has 2 aromatic heterocycles. The lowest BCUT2D eigenvalue weighted by atomic mass is 10.3. The number of nitrogens with zero attached hydrogens (tertiary/aromatic N) is 2. The van der Waals surface area contributed by atoms with Crippen LogP contribution in [0.3, 0.4) is 0 Å². The Balaban J connectivity index is 1.60. The Bertz CT molecular complexity index is 1070. The number of carbonyl (C=O) groups excluding carboxylic acids is 2. The molecule has 0 aliphatic rings. The molecule has 30 heavy (non-hydrogen) atoms. The van der Waals surface area contributed by atoms with Crippen molar-refractivity contribution in [2.45, 2.75) is 25.6 Å². The number of thiophene rings is 1. The summed E-state index contributed by atoms with van der Waals surface area (Å²) in [6, 6.07) is 13.1. The van der Waals surface area contributed by atoms with E-state index in [1.54, 1.807) is 36.9 Å². The number of benzene rings is 1. The first-order chi connectivity index (χ1) is 14.4. The van der Waals surface area contributed by atoms with E-state index in [0.29, 0.717) is 12.2 Å². The SMILES string of the molecule is Cc1c(NC(=O)C(C)SCC(=O)NCc2cccs2)c(=O)n(-c2ccccc2)n1C. The van der Waals surface area contributed by atoms with Crippen LogP contribution in [0.15, 0.2) is 52.6 Å². The molecule has 2 heterocycles. The molecule has 0 bridgehead atoms. The lowest BCUT2D eigenvalue weighted by molar-refractivity contribution is -0.118. The van der Waals surface area contributed by atoms with Crippen LogP contribution in [-0.2, 0) is 23.2 Å². The number of aromatic nitrogens is 2. The second kappa shape index (κ2) is 9.82. The summed E-state index contributed by atoms with van der Waals surface area (Å²) in [5.74, 6) is -0.269. The molecule has 0 saturated carbocycles. The molecule has 1 aromatic carbocycles. The van der Waals surface area contributed by atoms with E-state index < -0.39 is 5.25 Å². The first-order valence-electron chi connectivity index (χ1n) is 9.44. The molecule has 1 unspecified atom stereocenters. The molecule has 7 nitrogen and oxygen atoms in total. The van der Waals surface area contributed by atoms with Gasteiger partial charge in [0.2, 0.25) is 11.8 Å². The van der Waals surface area contributed by atoms with Crippen molar-refractivity contribution >= 4 is 40.6 Å². The van der Waals surface area contributed by atoms with Gasteiger partial charge in [0.25, 0.3) is 5.56 Å². The van der Waals surface area contributed by atoms with E-state index in [-0.39, 0.29) is 28.8 Å². The maximum absolute atomic E-state index is 12.9. The third-order valence-electron chi connectivity index (χ3n) is 4.68. The van der Waals surface area contributed by atoms with Crippen molar-refractivity contribution in [2.24, 2.45) is 7.05 Å². The van der Waals surface area contributed by atoms with E-state index in [0.717, 1.165) is 10.6 Å². The van der Waals surface area contributed by atoms with Gasteiger partial charge in [0.15, 0.2) is 0 Å². The predicted molar refractivity (Wildman–Crippen MR) is 122 cm³/mol. The normalized spacial score (nSPS) is 11.8. The van der Waals surface area contributed by atoms with Gasteiger partial charge in [-0.05, 0) is 37.4 Å². The summed E-state index contributed by atoms with van der Waals surface area (Å²) in [5, 5.41) is 7.06. The Kier molecular flexibility index (Phi) is 7.17. The minimum Gasteiger partial charge on any atom is -0.350 e. The van der Waals surface area contributed by atoms with E-state index in [9.17, 15) is 14.4 Å². The summed E-state index contributed by atoms with van der Waals surface area (Å²) >= 11 is 2.81. The minimum absolute atomic E-state index is 0.129. The minimum atomic E-state index is -0.485. The fourth-order valence-electron chi connectivity index (χ4n) is 2.86. The molecule has 9 heteroatoms. The molecule has 0 aliphatic heterocycles. The zero-order valence-corrected chi connectivity index (χ0v) is 18.7. The summed E-state index contributed by atoms with van der Waals surface area (Å²) in [6.07, 6.45) is 0. The highest BCUT2D eigenvalue weighted by atomic mass is 32.2. The number of rotatable bonds is 8. The summed E-state index contributed by atoms with van der Waals surface area (Å²) in [6.45, 7) is 3.99. The van der Waals surface area contributed by atoms with Crippen LogP contribution in [0, 0.1) is 6.92 Å². The van der Waals surface area contributed by atoms with Crippen molar-refractivity contribution in [3.63, 3.8) is 0 Å². The Hall–Kier alpha value is -2.78. The van der Waals surface area contributed by atoms with Crippen LogP contribution in [0.4, 0.5) is 5.69 Å². The lowest BCUT2D eigenvalue weighted by Gasteiger charge is -2.11. The molecule has 0 aliphatic carbocycles. The fraction of sp³-hybridized carbons (Fsp3) is 0.286. The van der Waals surface area contributed by atoms with Crippen molar-refractivity contribution in [3.05, 3.63) is 68.8 Å². The average molecular weight is 445 g/mol. The summed E-state index contributed by atoms with van der Waals surface area (Å²) in [7, 11) is 1.77. The van der Waals surface area contributed by atoms with Gasteiger partial charge in [0, 0.05) is 11.9 Å². The van der Waals surface area contributed by atoms with E-state index in [1.807, 2.05) is 47.8 Å². The van der Waals surface area contributed by atoms with Crippen LogP contribution in [0.1, 0.15) is 17.5 Å². The van der Waals surface area contributed by atoms with E-state index >= 15 is 0 Å². The molecule has 3 aromatic rings. The number of para-hydroxylation sites is 1. The summed E-state index contributed by atoms with van der Waals surface area (Å²) in [5.41, 5.74) is 1.34. The Morgan fingerprint density at radius 2 is 1.90 bits per heavy atom. The fourth-order valence-corrected chi connectivity index (χ4v) is 4.22. The predicted octanol–water partition coefficient (Wildman–Crippen LogP) is 2.92. The summed E-state index contributed by atoms with van der Waals surface area (Å²) < 4.78 is 3.23. The van der Waals surface area contributed by atoms with Crippen LogP contribution in [0.25, 0.3) is 5.69 Å². The summed E-state index contributed by atoms with van der Waals surface area (Å²) in [4.78, 5) is 38.6. The molecule has 2 N–H and O–H groups in total. The largest absolute Gasteiger partial charge is 0.350 e. The van der Waals surface area contributed by atoms with Crippen molar-refractivity contribution in [3.8, 4) is 5.69 Å². The van der Waals surface area contributed by atoms with E-state index in [1.165, 1.54) is 16.4 Å². The second-order valence-corrected chi connectivity index (χ2v) is 9.10. The van der Waals surface area contributed by atoms with Gasteiger partial charge in [0.1, 0.15) is 5.69 Å². The number of nitrogens with one attached hydrogen (secondary N) is 2. The van der Waals surface area contributed by atoms with Crippen molar-refractivity contribution in [1.82, 2.24) is 14.7 Å². The molecule has 1 atom stereocenters. The number of carbonyl (C=O) groups is 2. The third kappa shape index (κ3) is 5.03. The second-order valence-electron chi connectivity index (χ2n) is 6.74. The van der Waals surface area contributed by atoms with Crippen LogP contribution in [-0.4, -0.2) is 32.2 Å². The molecule has 3 rings (SSSR count). The molecule has 0 spiro atoms. The highest BCUT2D eigenvalue weighted by Crippen LogP contribution is 2.17. The Morgan fingerprint density at radius 3 is 2.57 bits per heavy atom. The number of anilines is 1. The molecule has 2 amide bonds. The first-order valence-corrected chi connectivity index (χ1v) is 11.4. The van der Waals surface area contributed by atoms with Crippen molar-refractivity contribution in [2.75, 3.05) is 11.1 Å². The van der Waals surface area contributed by atoms with Gasteiger partial charge < -0.3 is 10.6 Å². The van der Waals surface area contributed by atoms with E-state index in [2.05, 4.69) is 10.6 Å². The van der Waals surface area contributed by atoms with Gasteiger partial charge >= 0.3 is 0 Å². The van der Waals surface area contributed by atoms with Crippen LogP contribution < -0.4 is 16.2 Å². The van der Waals surface area contributed by atoms with Crippen LogP contribution >= 0.6 is 23.1 Å². The highest BCUT2D eigenvalue weighted by Gasteiger charge is 2.21. The van der Waals surface area contributed by atoms with Gasteiger partial charge in [-0.1, -0.05) is 24.3 Å². The Morgan fingerprint density at radius 1 is 1.17 bits per heavy atom. The average Bonchev–Trinajstić information content (AvgIpc) is 3.34. The number of thioether (sulfide) groups is 1. The maximum atomic E-state index is 12.9. The van der Waals surface area contributed by atoms with Crippen molar-refractivity contribution in [1.29, 1.82) is 0 Å². The van der Waals surface area contributed by atoms with Crippen LogP contribution in [0.2, 0.25) is 0 Å². The molecule has 158 valence electrons.